The highest BCUT2D eigenvalue weighted by Crippen LogP contribution is 2.05. The van der Waals surface area contributed by atoms with Crippen molar-refractivity contribution in [2.24, 2.45) is 0 Å². The molecule has 17 heavy (non-hydrogen) atoms. The van der Waals surface area contributed by atoms with Gasteiger partial charge in [-0.1, -0.05) is 0 Å². The minimum atomic E-state index is 0.163. The van der Waals surface area contributed by atoms with Crippen molar-refractivity contribution in [3.63, 3.8) is 0 Å². The van der Waals surface area contributed by atoms with Crippen LogP contribution in [0.3, 0.4) is 0 Å². The summed E-state index contributed by atoms with van der Waals surface area (Å²) in [7, 11) is 3.56. The van der Waals surface area contributed by atoms with Gasteiger partial charge in [0.2, 0.25) is 5.91 Å². The first-order valence-electron chi connectivity index (χ1n) is 6.05. The van der Waals surface area contributed by atoms with E-state index in [0.29, 0.717) is 12.5 Å². The Kier molecular flexibility index (Phi) is 5.77. The fourth-order valence-electron chi connectivity index (χ4n) is 1.56. The third-order valence-corrected chi connectivity index (χ3v) is 2.73. The molecule has 0 radical (unpaired) electrons. The van der Waals surface area contributed by atoms with E-state index in [1.54, 1.807) is 25.3 Å². The maximum atomic E-state index is 11.3. The summed E-state index contributed by atoms with van der Waals surface area (Å²) in [4.78, 5) is 13.0. The van der Waals surface area contributed by atoms with E-state index in [0.717, 1.165) is 25.1 Å². The Bertz CT molecular complexity index is 320. The molecular weight excluding hydrogens is 216 g/mol. The number of carbonyl (C=O) groups excluding carboxylic acids is 1. The minimum Gasteiger partial charge on any atom is -0.469 e. The molecule has 1 amide bonds. The average Bonchev–Trinajstić information content (AvgIpc) is 2.78. The topological polar surface area (TPSA) is 45.5 Å². The lowest BCUT2D eigenvalue weighted by Gasteiger charge is -2.14. The van der Waals surface area contributed by atoms with Gasteiger partial charge >= 0.3 is 0 Å². The Morgan fingerprint density at radius 1 is 1.53 bits per heavy atom. The highest BCUT2D eigenvalue weighted by molar-refractivity contribution is 5.75. The number of amides is 1. The van der Waals surface area contributed by atoms with E-state index in [1.165, 1.54) is 0 Å². The summed E-state index contributed by atoms with van der Waals surface area (Å²) in [5.41, 5.74) is 0. The first-order valence-corrected chi connectivity index (χ1v) is 6.05. The third-order valence-electron chi connectivity index (χ3n) is 2.73. The van der Waals surface area contributed by atoms with Crippen LogP contribution >= 0.6 is 0 Å². The second-order valence-electron chi connectivity index (χ2n) is 4.51. The first kappa shape index (κ1) is 13.8. The third kappa shape index (κ3) is 5.54. The maximum Gasteiger partial charge on any atom is 0.223 e. The van der Waals surface area contributed by atoms with Crippen LogP contribution < -0.4 is 5.32 Å². The van der Waals surface area contributed by atoms with Crippen molar-refractivity contribution < 1.29 is 9.21 Å². The van der Waals surface area contributed by atoms with Gasteiger partial charge in [-0.3, -0.25) is 4.79 Å². The van der Waals surface area contributed by atoms with Crippen LogP contribution in [0.2, 0.25) is 0 Å². The van der Waals surface area contributed by atoms with Gasteiger partial charge in [0.05, 0.1) is 6.26 Å². The van der Waals surface area contributed by atoms with Gasteiger partial charge < -0.3 is 14.6 Å². The van der Waals surface area contributed by atoms with Gasteiger partial charge in [-0.2, -0.15) is 0 Å². The van der Waals surface area contributed by atoms with Gasteiger partial charge in [0.15, 0.2) is 0 Å². The molecule has 1 N–H and O–H groups in total. The SMILES string of the molecule is CC(CCc1ccco1)NCCC(=O)N(C)C. The van der Waals surface area contributed by atoms with Gasteiger partial charge in [0.25, 0.3) is 0 Å². The van der Waals surface area contributed by atoms with Crippen LogP contribution in [-0.4, -0.2) is 37.5 Å². The smallest absolute Gasteiger partial charge is 0.223 e. The predicted molar refractivity (Wildman–Crippen MR) is 67.8 cm³/mol. The average molecular weight is 238 g/mol. The summed E-state index contributed by atoms with van der Waals surface area (Å²) in [6.07, 6.45) is 4.20. The van der Waals surface area contributed by atoms with Crippen LogP contribution in [0.15, 0.2) is 22.8 Å². The van der Waals surface area contributed by atoms with Crippen molar-refractivity contribution in [3.05, 3.63) is 24.2 Å². The highest BCUT2D eigenvalue weighted by atomic mass is 16.3. The van der Waals surface area contributed by atoms with Crippen LogP contribution in [0.1, 0.15) is 25.5 Å². The van der Waals surface area contributed by atoms with Crippen molar-refractivity contribution in [1.29, 1.82) is 0 Å². The molecule has 4 nitrogen and oxygen atoms in total. The standard InChI is InChI=1S/C13H22N2O2/c1-11(6-7-12-5-4-10-17-12)14-9-8-13(16)15(2)3/h4-5,10-11,14H,6-9H2,1-3H3. The van der Waals surface area contributed by atoms with Gasteiger partial charge in [-0.25, -0.2) is 0 Å². The lowest BCUT2D eigenvalue weighted by Crippen LogP contribution is -2.31. The van der Waals surface area contributed by atoms with Crippen molar-refractivity contribution in [2.45, 2.75) is 32.2 Å². The quantitative estimate of drug-likeness (QED) is 0.786. The summed E-state index contributed by atoms with van der Waals surface area (Å²) in [5.74, 6) is 1.18. The van der Waals surface area contributed by atoms with Gasteiger partial charge in [0.1, 0.15) is 5.76 Å². The summed E-state index contributed by atoms with van der Waals surface area (Å²) < 4.78 is 5.27. The van der Waals surface area contributed by atoms with Crippen molar-refractivity contribution in [3.8, 4) is 0 Å². The monoisotopic (exact) mass is 238 g/mol. The van der Waals surface area contributed by atoms with Crippen LogP contribution in [0.5, 0.6) is 0 Å². The number of furan rings is 1. The Morgan fingerprint density at radius 3 is 2.88 bits per heavy atom. The van der Waals surface area contributed by atoms with Crippen LogP contribution in [0.4, 0.5) is 0 Å². The lowest BCUT2D eigenvalue weighted by molar-refractivity contribution is -0.128. The Labute approximate surface area is 103 Å². The van der Waals surface area contributed by atoms with Gasteiger partial charge in [-0.15, -0.1) is 0 Å². The highest BCUT2D eigenvalue weighted by Gasteiger charge is 2.06. The van der Waals surface area contributed by atoms with E-state index >= 15 is 0 Å². The number of aryl methyl sites for hydroxylation is 1. The second-order valence-corrected chi connectivity index (χ2v) is 4.51. The zero-order chi connectivity index (χ0) is 12.7. The molecule has 1 heterocycles. The number of nitrogens with zero attached hydrogens (tertiary/aromatic N) is 1. The normalized spacial score (nSPS) is 12.4. The molecule has 0 saturated heterocycles. The largest absolute Gasteiger partial charge is 0.469 e. The summed E-state index contributed by atoms with van der Waals surface area (Å²) in [6.45, 7) is 2.86. The molecule has 1 atom stereocenters. The molecule has 1 aromatic heterocycles. The molecule has 0 saturated carbocycles. The molecule has 1 unspecified atom stereocenters. The number of hydrogen-bond acceptors (Lipinski definition) is 3. The molecule has 96 valence electrons. The molecule has 4 heteroatoms. The molecule has 1 aromatic rings. The molecular formula is C13H22N2O2. The summed E-state index contributed by atoms with van der Waals surface area (Å²) in [5, 5.41) is 3.34. The number of carbonyl (C=O) groups is 1. The van der Waals surface area contributed by atoms with Crippen LogP contribution in [-0.2, 0) is 11.2 Å². The van der Waals surface area contributed by atoms with Crippen molar-refractivity contribution in [2.75, 3.05) is 20.6 Å². The molecule has 0 bridgehead atoms. The molecule has 0 spiro atoms. The van der Waals surface area contributed by atoms with E-state index < -0.39 is 0 Å². The van der Waals surface area contributed by atoms with E-state index in [4.69, 9.17) is 4.42 Å². The lowest BCUT2D eigenvalue weighted by atomic mass is 10.1. The number of nitrogens with one attached hydrogen (secondary N) is 1. The number of rotatable bonds is 7. The second kappa shape index (κ2) is 7.12. The molecule has 0 aliphatic carbocycles. The fourth-order valence-corrected chi connectivity index (χ4v) is 1.56. The van der Waals surface area contributed by atoms with Gasteiger partial charge in [0, 0.05) is 39.5 Å². The molecule has 0 aliphatic heterocycles. The Balaban J connectivity index is 2.09. The maximum absolute atomic E-state index is 11.3. The summed E-state index contributed by atoms with van der Waals surface area (Å²) >= 11 is 0. The van der Waals surface area contributed by atoms with Crippen LogP contribution in [0.25, 0.3) is 0 Å². The van der Waals surface area contributed by atoms with Crippen LogP contribution in [0, 0.1) is 0 Å². The van der Waals surface area contributed by atoms with E-state index in [9.17, 15) is 4.79 Å². The molecule has 0 aliphatic rings. The van der Waals surface area contributed by atoms with E-state index in [1.807, 2.05) is 12.1 Å². The zero-order valence-electron chi connectivity index (χ0n) is 10.9. The predicted octanol–water partition coefficient (Wildman–Crippen LogP) is 1.67. The summed E-state index contributed by atoms with van der Waals surface area (Å²) in [6, 6.07) is 4.29. The van der Waals surface area contributed by atoms with Crippen molar-refractivity contribution in [1.82, 2.24) is 10.2 Å². The molecule has 0 fully saturated rings. The molecule has 1 rings (SSSR count). The van der Waals surface area contributed by atoms with Gasteiger partial charge in [-0.05, 0) is 25.5 Å². The van der Waals surface area contributed by atoms with E-state index in [-0.39, 0.29) is 5.91 Å². The fraction of sp³-hybridized carbons (Fsp3) is 0.615. The zero-order valence-corrected chi connectivity index (χ0v) is 10.9. The minimum absolute atomic E-state index is 0.163. The first-order chi connectivity index (χ1) is 8.09. The van der Waals surface area contributed by atoms with E-state index in [2.05, 4.69) is 12.2 Å². The Hall–Kier alpha value is -1.29. The van der Waals surface area contributed by atoms with Crippen molar-refractivity contribution >= 4 is 5.91 Å². The molecule has 0 aromatic carbocycles. The Morgan fingerprint density at radius 2 is 2.29 bits per heavy atom. The number of hydrogen-bond donors (Lipinski definition) is 1.